The van der Waals surface area contributed by atoms with Gasteiger partial charge in [-0.15, -0.1) is 0 Å². The summed E-state index contributed by atoms with van der Waals surface area (Å²) < 4.78 is 10.6. The van der Waals surface area contributed by atoms with E-state index in [1.165, 1.54) is 0 Å². The topological polar surface area (TPSA) is 47.6 Å². The Morgan fingerprint density at radius 2 is 2.00 bits per heavy atom. The molecule has 0 aromatic heterocycles. The van der Waals surface area contributed by atoms with Crippen molar-refractivity contribution in [2.45, 2.75) is 19.3 Å². The quantitative estimate of drug-likeness (QED) is 0.671. The fourth-order valence-corrected chi connectivity index (χ4v) is 1.87. The number of amides is 1. The van der Waals surface area contributed by atoms with Gasteiger partial charge in [0.1, 0.15) is 11.5 Å². The molecule has 0 saturated carbocycles. The molecule has 4 nitrogen and oxygen atoms in total. The second kappa shape index (κ2) is 6.09. The third-order valence-corrected chi connectivity index (χ3v) is 3.09. The lowest BCUT2D eigenvalue weighted by molar-refractivity contribution is 0.259. The Kier molecular flexibility index (Phi) is 5.02. The van der Waals surface area contributed by atoms with Gasteiger partial charge in [0.05, 0.1) is 14.2 Å². The standard InChI is InChI=1S/C13H18BrNO3/c1-13(2,8-15-12(14)16)10-7-9(17-3)5-6-11(10)18-4/h5-7H,8H2,1-4H3,(H,15,16). The van der Waals surface area contributed by atoms with E-state index in [-0.39, 0.29) is 10.2 Å². The zero-order chi connectivity index (χ0) is 13.8. The van der Waals surface area contributed by atoms with Gasteiger partial charge in [-0.2, -0.15) is 0 Å². The monoisotopic (exact) mass is 315 g/mol. The van der Waals surface area contributed by atoms with Crippen molar-refractivity contribution in [1.29, 1.82) is 0 Å². The van der Waals surface area contributed by atoms with Crippen LogP contribution in [-0.2, 0) is 5.41 Å². The molecular formula is C13H18BrNO3. The van der Waals surface area contributed by atoms with Crippen LogP contribution in [0.2, 0.25) is 0 Å². The minimum Gasteiger partial charge on any atom is -0.497 e. The van der Waals surface area contributed by atoms with Crippen LogP contribution in [0.25, 0.3) is 0 Å². The van der Waals surface area contributed by atoms with Gasteiger partial charge in [-0.25, -0.2) is 0 Å². The van der Waals surface area contributed by atoms with Gasteiger partial charge < -0.3 is 14.8 Å². The van der Waals surface area contributed by atoms with E-state index in [0.29, 0.717) is 6.54 Å². The molecule has 1 rings (SSSR count). The van der Waals surface area contributed by atoms with Crippen LogP contribution in [0.4, 0.5) is 4.79 Å². The van der Waals surface area contributed by atoms with Crippen LogP contribution in [0.15, 0.2) is 18.2 Å². The van der Waals surface area contributed by atoms with Gasteiger partial charge >= 0.3 is 0 Å². The number of methoxy groups -OCH3 is 2. The average molecular weight is 316 g/mol. The van der Waals surface area contributed by atoms with Gasteiger partial charge in [0.15, 0.2) is 0 Å². The van der Waals surface area contributed by atoms with E-state index >= 15 is 0 Å². The van der Waals surface area contributed by atoms with Gasteiger partial charge in [-0.05, 0) is 18.2 Å². The number of hydrogen-bond acceptors (Lipinski definition) is 3. The van der Waals surface area contributed by atoms with Crippen molar-refractivity contribution in [2.75, 3.05) is 20.8 Å². The number of ether oxygens (including phenoxy) is 2. The average Bonchev–Trinajstić information content (AvgIpc) is 2.35. The highest BCUT2D eigenvalue weighted by Crippen LogP contribution is 2.34. The lowest BCUT2D eigenvalue weighted by Gasteiger charge is -2.27. The van der Waals surface area contributed by atoms with Crippen molar-refractivity contribution < 1.29 is 14.3 Å². The van der Waals surface area contributed by atoms with Crippen molar-refractivity contribution in [2.24, 2.45) is 0 Å². The molecule has 1 amide bonds. The highest BCUT2D eigenvalue weighted by molar-refractivity contribution is 9.18. The highest BCUT2D eigenvalue weighted by Gasteiger charge is 2.25. The molecular weight excluding hydrogens is 298 g/mol. The molecule has 0 bridgehead atoms. The van der Waals surface area contributed by atoms with E-state index in [1.807, 2.05) is 32.0 Å². The zero-order valence-electron chi connectivity index (χ0n) is 11.0. The molecule has 0 aliphatic carbocycles. The molecule has 0 atom stereocenters. The molecule has 0 fully saturated rings. The second-order valence-corrected chi connectivity index (χ2v) is 5.30. The minimum absolute atomic E-state index is 0.225. The molecule has 1 N–H and O–H groups in total. The van der Waals surface area contributed by atoms with Crippen molar-refractivity contribution in [3.8, 4) is 11.5 Å². The van der Waals surface area contributed by atoms with E-state index in [2.05, 4.69) is 21.2 Å². The summed E-state index contributed by atoms with van der Waals surface area (Å²) in [4.78, 5) is 10.7. The number of carbonyl (C=O) groups is 1. The zero-order valence-corrected chi connectivity index (χ0v) is 12.6. The Labute approximate surface area is 116 Å². The first kappa shape index (κ1) is 14.8. The van der Waals surface area contributed by atoms with Crippen LogP contribution in [0, 0.1) is 0 Å². The largest absolute Gasteiger partial charge is 0.497 e. The third kappa shape index (κ3) is 3.63. The first-order chi connectivity index (χ1) is 8.40. The van der Waals surface area contributed by atoms with E-state index in [4.69, 9.17) is 9.47 Å². The lowest BCUT2D eigenvalue weighted by atomic mass is 9.84. The summed E-state index contributed by atoms with van der Waals surface area (Å²) in [7, 11) is 3.25. The first-order valence-corrected chi connectivity index (χ1v) is 6.36. The molecule has 0 unspecified atom stereocenters. The summed E-state index contributed by atoms with van der Waals surface area (Å²) in [6.07, 6.45) is 0. The molecule has 0 aliphatic rings. The molecule has 0 radical (unpaired) electrons. The van der Waals surface area contributed by atoms with Gasteiger partial charge in [-0.3, -0.25) is 4.79 Å². The predicted molar refractivity (Wildman–Crippen MR) is 74.9 cm³/mol. The van der Waals surface area contributed by atoms with Crippen molar-refractivity contribution >= 4 is 20.7 Å². The second-order valence-electron chi connectivity index (χ2n) is 4.58. The Morgan fingerprint density at radius 1 is 1.33 bits per heavy atom. The van der Waals surface area contributed by atoms with Crippen LogP contribution in [0.5, 0.6) is 11.5 Å². The number of hydrogen-bond donors (Lipinski definition) is 1. The number of rotatable bonds is 5. The van der Waals surface area contributed by atoms with Crippen molar-refractivity contribution in [3.05, 3.63) is 23.8 Å². The van der Waals surface area contributed by atoms with Crippen LogP contribution >= 0.6 is 15.9 Å². The number of nitrogens with one attached hydrogen (secondary N) is 1. The summed E-state index contributed by atoms with van der Waals surface area (Å²) in [5, 5.41) is 2.75. The molecule has 18 heavy (non-hydrogen) atoms. The fraction of sp³-hybridized carbons (Fsp3) is 0.462. The van der Waals surface area contributed by atoms with E-state index in [0.717, 1.165) is 17.1 Å². The van der Waals surface area contributed by atoms with Gasteiger partial charge in [-0.1, -0.05) is 13.8 Å². The summed E-state index contributed by atoms with van der Waals surface area (Å²) in [5.41, 5.74) is 0.731. The van der Waals surface area contributed by atoms with Crippen molar-refractivity contribution in [1.82, 2.24) is 5.32 Å². The number of benzene rings is 1. The summed E-state index contributed by atoms with van der Waals surface area (Å²) in [5.74, 6) is 1.55. The Hall–Kier alpha value is -1.23. The summed E-state index contributed by atoms with van der Waals surface area (Å²) >= 11 is 2.86. The Morgan fingerprint density at radius 3 is 2.50 bits per heavy atom. The normalized spacial score (nSPS) is 10.9. The molecule has 0 saturated heterocycles. The summed E-state index contributed by atoms with van der Waals surface area (Å²) in [6.45, 7) is 4.57. The molecule has 0 heterocycles. The highest BCUT2D eigenvalue weighted by atomic mass is 79.9. The number of carbonyl (C=O) groups excluding carboxylic acids is 1. The predicted octanol–water partition coefficient (Wildman–Crippen LogP) is 3.09. The Bertz CT molecular complexity index is 432. The molecule has 5 heteroatoms. The first-order valence-electron chi connectivity index (χ1n) is 5.56. The van der Waals surface area contributed by atoms with Gasteiger partial charge in [0.2, 0.25) is 0 Å². The maximum atomic E-state index is 10.9. The van der Waals surface area contributed by atoms with Crippen LogP contribution < -0.4 is 14.8 Å². The van der Waals surface area contributed by atoms with E-state index < -0.39 is 0 Å². The van der Waals surface area contributed by atoms with Crippen molar-refractivity contribution in [3.63, 3.8) is 0 Å². The smallest absolute Gasteiger partial charge is 0.287 e. The number of halogens is 1. The molecule has 1 aromatic rings. The molecule has 1 aromatic carbocycles. The summed E-state index contributed by atoms with van der Waals surface area (Å²) in [6, 6.07) is 5.65. The fourth-order valence-electron chi connectivity index (χ4n) is 1.73. The van der Waals surface area contributed by atoms with Crippen LogP contribution in [0.1, 0.15) is 19.4 Å². The van der Waals surface area contributed by atoms with Crippen LogP contribution in [0.3, 0.4) is 0 Å². The molecule has 100 valence electrons. The minimum atomic E-state index is -0.261. The van der Waals surface area contributed by atoms with E-state index in [9.17, 15) is 4.79 Å². The van der Waals surface area contributed by atoms with E-state index in [1.54, 1.807) is 14.2 Å². The molecule has 0 aliphatic heterocycles. The molecule has 0 spiro atoms. The third-order valence-electron chi connectivity index (χ3n) is 2.81. The van der Waals surface area contributed by atoms with Gasteiger partial charge in [0, 0.05) is 33.5 Å². The van der Waals surface area contributed by atoms with Crippen LogP contribution in [-0.4, -0.2) is 25.6 Å². The SMILES string of the molecule is COc1ccc(OC)c(C(C)(C)CNC(=O)Br)c1. The maximum Gasteiger partial charge on any atom is 0.287 e. The Balaban J connectivity index is 3.07. The maximum absolute atomic E-state index is 10.9. The van der Waals surface area contributed by atoms with Gasteiger partial charge in [0.25, 0.3) is 4.82 Å². The lowest BCUT2D eigenvalue weighted by Crippen LogP contribution is -2.34.